The van der Waals surface area contributed by atoms with Crippen molar-refractivity contribution in [1.82, 2.24) is 0 Å². The third-order valence-corrected chi connectivity index (χ3v) is 4.55. The van der Waals surface area contributed by atoms with Crippen LogP contribution in [0.2, 0.25) is 0 Å². The van der Waals surface area contributed by atoms with Crippen molar-refractivity contribution >= 4 is 22.3 Å². The fourth-order valence-corrected chi connectivity index (χ4v) is 3.23. The number of aryl methyl sites for hydroxylation is 2. The fourth-order valence-electron chi connectivity index (χ4n) is 3.23. The van der Waals surface area contributed by atoms with Gasteiger partial charge in [0.05, 0.1) is 6.26 Å². The van der Waals surface area contributed by atoms with E-state index in [1.807, 2.05) is 6.07 Å². The second-order valence-corrected chi connectivity index (χ2v) is 5.86. The number of furan rings is 1. The summed E-state index contributed by atoms with van der Waals surface area (Å²) >= 11 is 0. The molecule has 2 nitrogen and oxygen atoms in total. The topological polar surface area (TPSA) is 16.4 Å². The van der Waals surface area contributed by atoms with Crippen molar-refractivity contribution in [1.29, 1.82) is 0 Å². The van der Waals surface area contributed by atoms with Gasteiger partial charge in [-0.1, -0.05) is 6.07 Å². The van der Waals surface area contributed by atoms with Crippen LogP contribution in [0.3, 0.4) is 0 Å². The zero-order valence-corrected chi connectivity index (χ0v) is 12.3. The largest absolute Gasteiger partial charge is 0.464 e. The van der Waals surface area contributed by atoms with Crippen LogP contribution in [0.1, 0.15) is 24.0 Å². The maximum Gasteiger partial charge on any atom is 0.135 e. The van der Waals surface area contributed by atoms with E-state index in [0.29, 0.717) is 0 Å². The predicted octanol–water partition coefficient (Wildman–Crippen LogP) is 5.08. The van der Waals surface area contributed by atoms with Gasteiger partial charge >= 0.3 is 0 Å². The van der Waals surface area contributed by atoms with Crippen LogP contribution >= 0.6 is 0 Å². The summed E-state index contributed by atoms with van der Waals surface area (Å²) in [6.07, 6.45) is 6.84. The third-order valence-electron chi connectivity index (χ3n) is 4.55. The van der Waals surface area contributed by atoms with Gasteiger partial charge in [0.25, 0.3) is 0 Å². The van der Waals surface area contributed by atoms with Gasteiger partial charge < -0.3 is 9.32 Å². The van der Waals surface area contributed by atoms with E-state index in [2.05, 4.69) is 48.3 Å². The molecule has 0 saturated carbocycles. The molecule has 106 valence electrons. The number of fused-ring (bicyclic) bond motifs is 2. The van der Waals surface area contributed by atoms with Gasteiger partial charge in [0.1, 0.15) is 5.58 Å². The fraction of sp³-hybridized carbons (Fsp3) is 0.263. The highest BCUT2D eigenvalue weighted by molar-refractivity contribution is 5.82. The van der Waals surface area contributed by atoms with E-state index in [-0.39, 0.29) is 0 Å². The Morgan fingerprint density at radius 3 is 2.52 bits per heavy atom. The second kappa shape index (κ2) is 4.96. The van der Waals surface area contributed by atoms with Gasteiger partial charge in [-0.15, -0.1) is 0 Å². The number of hydrogen-bond acceptors (Lipinski definition) is 2. The first-order chi connectivity index (χ1) is 10.3. The summed E-state index contributed by atoms with van der Waals surface area (Å²) in [5.74, 6) is 0. The SMILES string of the molecule is CN(c1ccc2c(c1)CCCC2)c1ccc2ccoc2c1. The number of benzene rings is 2. The highest BCUT2D eigenvalue weighted by atomic mass is 16.3. The van der Waals surface area contributed by atoms with E-state index in [1.165, 1.54) is 42.5 Å². The molecule has 2 aromatic carbocycles. The Hall–Kier alpha value is -2.22. The van der Waals surface area contributed by atoms with Crippen LogP contribution in [-0.4, -0.2) is 7.05 Å². The maximum atomic E-state index is 5.51. The lowest BCUT2D eigenvalue weighted by Crippen LogP contribution is -2.11. The molecule has 1 aliphatic rings. The average Bonchev–Trinajstić information content (AvgIpc) is 3.01. The minimum Gasteiger partial charge on any atom is -0.464 e. The third kappa shape index (κ3) is 2.21. The predicted molar refractivity (Wildman–Crippen MR) is 87.4 cm³/mol. The molecule has 0 spiro atoms. The van der Waals surface area contributed by atoms with E-state index in [4.69, 9.17) is 4.42 Å². The zero-order chi connectivity index (χ0) is 14.2. The number of hydrogen-bond donors (Lipinski definition) is 0. The van der Waals surface area contributed by atoms with Crippen LogP contribution in [0.4, 0.5) is 11.4 Å². The molecule has 0 bridgehead atoms. The lowest BCUT2D eigenvalue weighted by Gasteiger charge is -2.23. The molecule has 1 heterocycles. The summed E-state index contributed by atoms with van der Waals surface area (Å²) in [5.41, 5.74) is 6.40. The molecule has 3 aromatic rings. The smallest absolute Gasteiger partial charge is 0.135 e. The summed E-state index contributed by atoms with van der Waals surface area (Å²) in [6, 6.07) is 15.2. The van der Waals surface area contributed by atoms with Crippen molar-refractivity contribution in [3.8, 4) is 0 Å². The van der Waals surface area contributed by atoms with E-state index in [0.717, 1.165) is 16.7 Å². The standard InChI is InChI=1S/C19H19NO/c1-20(18-9-7-15-10-11-21-19(15)13-18)17-8-6-14-4-2-3-5-16(14)12-17/h6-13H,2-5H2,1H3. The molecule has 0 amide bonds. The molecule has 0 fully saturated rings. The Balaban J connectivity index is 1.71. The van der Waals surface area contributed by atoms with E-state index in [9.17, 15) is 0 Å². The molecule has 0 saturated heterocycles. The first-order valence-electron chi connectivity index (χ1n) is 7.64. The van der Waals surface area contributed by atoms with E-state index >= 15 is 0 Å². The normalized spacial score (nSPS) is 14.1. The molecule has 2 heteroatoms. The number of anilines is 2. The summed E-state index contributed by atoms with van der Waals surface area (Å²) in [4.78, 5) is 2.23. The highest BCUT2D eigenvalue weighted by Gasteiger charge is 2.12. The maximum absolute atomic E-state index is 5.51. The van der Waals surface area contributed by atoms with Crippen molar-refractivity contribution in [2.24, 2.45) is 0 Å². The Bertz CT molecular complexity index is 787. The van der Waals surface area contributed by atoms with Gasteiger partial charge in [-0.25, -0.2) is 0 Å². The monoisotopic (exact) mass is 277 g/mol. The van der Waals surface area contributed by atoms with Gasteiger partial charge in [0.15, 0.2) is 0 Å². The van der Waals surface area contributed by atoms with Crippen LogP contribution in [0, 0.1) is 0 Å². The minimum atomic E-state index is 0.942. The Labute approximate surface area is 125 Å². The summed E-state index contributed by atoms with van der Waals surface area (Å²) in [7, 11) is 2.12. The van der Waals surface area contributed by atoms with Crippen LogP contribution in [0.25, 0.3) is 11.0 Å². The van der Waals surface area contributed by atoms with Crippen LogP contribution < -0.4 is 4.90 Å². The molecule has 0 aliphatic heterocycles. The lowest BCUT2D eigenvalue weighted by atomic mass is 9.91. The molecular formula is C19H19NO. The summed E-state index contributed by atoms with van der Waals surface area (Å²) in [6.45, 7) is 0. The van der Waals surface area contributed by atoms with Crippen LogP contribution in [-0.2, 0) is 12.8 Å². The number of nitrogens with zero attached hydrogens (tertiary/aromatic N) is 1. The summed E-state index contributed by atoms with van der Waals surface area (Å²) < 4.78 is 5.51. The molecule has 1 aliphatic carbocycles. The van der Waals surface area contributed by atoms with Gasteiger partial charge in [0.2, 0.25) is 0 Å². The molecule has 0 unspecified atom stereocenters. The van der Waals surface area contributed by atoms with E-state index < -0.39 is 0 Å². The van der Waals surface area contributed by atoms with Gasteiger partial charge in [-0.2, -0.15) is 0 Å². The van der Waals surface area contributed by atoms with Gasteiger partial charge in [0, 0.05) is 29.9 Å². The van der Waals surface area contributed by atoms with Crippen molar-refractivity contribution in [2.75, 3.05) is 11.9 Å². The van der Waals surface area contributed by atoms with Crippen molar-refractivity contribution < 1.29 is 4.42 Å². The number of rotatable bonds is 2. The minimum absolute atomic E-state index is 0.942. The highest BCUT2D eigenvalue weighted by Crippen LogP contribution is 2.31. The molecular weight excluding hydrogens is 258 g/mol. The van der Waals surface area contributed by atoms with Crippen LogP contribution in [0.5, 0.6) is 0 Å². The Morgan fingerprint density at radius 1 is 0.857 bits per heavy atom. The van der Waals surface area contributed by atoms with Crippen LogP contribution in [0.15, 0.2) is 53.1 Å². The molecule has 0 radical (unpaired) electrons. The molecule has 4 rings (SSSR count). The quantitative estimate of drug-likeness (QED) is 0.649. The molecule has 1 aromatic heterocycles. The molecule has 21 heavy (non-hydrogen) atoms. The Kier molecular flexibility index (Phi) is 2.95. The molecule has 0 atom stereocenters. The van der Waals surface area contributed by atoms with Gasteiger partial charge in [-0.3, -0.25) is 0 Å². The second-order valence-electron chi connectivity index (χ2n) is 5.86. The summed E-state index contributed by atoms with van der Waals surface area (Å²) in [5, 5.41) is 1.15. The average molecular weight is 277 g/mol. The van der Waals surface area contributed by atoms with Crippen molar-refractivity contribution in [2.45, 2.75) is 25.7 Å². The first kappa shape index (κ1) is 12.5. The molecule has 0 N–H and O–H groups in total. The Morgan fingerprint density at radius 2 is 1.62 bits per heavy atom. The van der Waals surface area contributed by atoms with Crippen molar-refractivity contribution in [3.05, 3.63) is 59.9 Å². The van der Waals surface area contributed by atoms with Gasteiger partial charge in [-0.05, 0) is 67.1 Å². The van der Waals surface area contributed by atoms with E-state index in [1.54, 1.807) is 6.26 Å². The lowest BCUT2D eigenvalue weighted by molar-refractivity contribution is 0.616. The van der Waals surface area contributed by atoms with Crippen molar-refractivity contribution in [3.63, 3.8) is 0 Å². The zero-order valence-electron chi connectivity index (χ0n) is 12.3. The first-order valence-corrected chi connectivity index (χ1v) is 7.64.